The number of amides is 1. The quantitative estimate of drug-likeness (QED) is 0.620. The average molecular weight is 417 g/mol. The number of fused-ring (bicyclic) bond motifs is 1. The molecule has 6 nitrogen and oxygen atoms in total. The molecule has 3 heterocycles. The van der Waals surface area contributed by atoms with Gasteiger partial charge in [-0.2, -0.15) is 0 Å². The van der Waals surface area contributed by atoms with Crippen molar-refractivity contribution >= 4 is 23.6 Å². The maximum absolute atomic E-state index is 14.7. The van der Waals surface area contributed by atoms with Gasteiger partial charge in [0.1, 0.15) is 23.7 Å². The molecule has 156 valence electrons. The summed E-state index contributed by atoms with van der Waals surface area (Å²) in [5, 5.41) is 0. The Labute approximate surface area is 178 Å². The minimum atomic E-state index is -0.636. The van der Waals surface area contributed by atoms with E-state index in [2.05, 4.69) is 4.99 Å². The smallest absolute Gasteiger partial charge is 0.254 e. The van der Waals surface area contributed by atoms with Gasteiger partial charge in [0.25, 0.3) is 5.91 Å². The highest BCUT2D eigenvalue weighted by Gasteiger charge is 2.47. The van der Waals surface area contributed by atoms with Gasteiger partial charge in [0, 0.05) is 24.1 Å². The minimum Gasteiger partial charge on any atom is -0.469 e. The zero-order valence-corrected chi connectivity index (χ0v) is 16.7. The number of anilines is 1. The Kier molecular flexibility index (Phi) is 4.86. The van der Waals surface area contributed by atoms with Crippen LogP contribution in [0.25, 0.3) is 0 Å². The molecule has 0 aliphatic carbocycles. The first-order valence-corrected chi connectivity index (χ1v) is 10.2. The number of nitrogens with one attached hydrogen (secondary N) is 1. The van der Waals surface area contributed by atoms with Crippen LogP contribution in [-0.2, 0) is 17.6 Å². The number of aliphatic imine (C=N–C) groups is 1. The van der Waals surface area contributed by atoms with Crippen LogP contribution in [0.1, 0.15) is 22.9 Å². The highest BCUT2D eigenvalue weighted by molar-refractivity contribution is 6.10. The van der Waals surface area contributed by atoms with Gasteiger partial charge < -0.3 is 10.2 Å². The van der Waals surface area contributed by atoms with Crippen molar-refractivity contribution in [2.75, 3.05) is 5.73 Å². The lowest BCUT2D eigenvalue weighted by Gasteiger charge is -2.30. The second-order valence-corrected chi connectivity index (χ2v) is 7.80. The molecule has 3 atom stereocenters. The summed E-state index contributed by atoms with van der Waals surface area (Å²) in [5.74, 6) is 0.708. The molecule has 0 saturated heterocycles. The van der Waals surface area contributed by atoms with Crippen molar-refractivity contribution in [3.8, 4) is 0 Å². The summed E-state index contributed by atoms with van der Waals surface area (Å²) in [6.45, 7) is 0. The number of halogens is 1. The molecule has 7 heteroatoms. The molecule has 2 aromatic carbocycles. The van der Waals surface area contributed by atoms with Crippen LogP contribution >= 0.6 is 0 Å². The van der Waals surface area contributed by atoms with E-state index in [4.69, 9.17) is 15.1 Å². The largest absolute Gasteiger partial charge is 0.469 e. The number of hydrogen-bond donors (Lipinski definition) is 2. The molecule has 1 aromatic heterocycles. The number of nitrogens with two attached hydrogens (primary N) is 1. The highest BCUT2D eigenvalue weighted by atomic mass is 19.1. The second kappa shape index (κ2) is 7.83. The number of amidine groups is 1. The van der Waals surface area contributed by atoms with Crippen molar-refractivity contribution in [2.24, 2.45) is 4.99 Å². The Hall–Kier alpha value is -3.74. The van der Waals surface area contributed by atoms with E-state index in [9.17, 15) is 9.18 Å². The zero-order valence-electron chi connectivity index (χ0n) is 16.7. The van der Waals surface area contributed by atoms with E-state index >= 15 is 0 Å². The van der Waals surface area contributed by atoms with Gasteiger partial charge in [-0.15, -0.1) is 0 Å². The number of benzene rings is 2. The minimum absolute atomic E-state index is 0.172. The van der Waals surface area contributed by atoms with Gasteiger partial charge >= 0.3 is 0 Å². The molecule has 2 aliphatic rings. The third-order valence-electron chi connectivity index (χ3n) is 5.70. The van der Waals surface area contributed by atoms with E-state index in [0.717, 1.165) is 5.56 Å². The molecule has 0 spiro atoms. The first-order valence-electron chi connectivity index (χ1n) is 10.2. The summed E-state index contributed by atoms with van der Waals surface area (Å²) in [6.07, 6.45) is 4.35. The van der Waals surface area contributed by atoms with E-state index in [1.54, 1.807) is 29.5 Å². The summed E-state index contributed by atoms with van der Waals surface area (Å²) in [5.41, 5.74) is 7.80. The number of furan rings is 1. The number of carbonyl (C=O) groups excluding carboxylic acids is 1. The Balaban J connectivity index is 1.53. The molecule has 0 fully saturated rings. The van der Waals surface area contributed by atoms with Gasteiger partial charge in [-0.25, -0.2) is 9.38 Å². The third-order valence-corrected chi connectivity index (χ3v) is 5.70. The molecular formula is C24H22FN4O2+. The molecule has 3 unspecified atom stereocenters. The van der Waals surface area contributed by atoms with Crippen molar-refractivity contribution in [1.82, 2.24) is 4.90 Å². The summed E-state index contributed by atoms with van der Waals surface area (Å²) >= 11 is 0. The number of nitrogen functional groups attached to an aromatic ring is 1. The molecule has 3 N–H and O–H groups in total. The van der Waals surface area contributed by atoms with Gasteiger partial charge in [-0.3, -0.25) is 14.7 Å². The van der Waals surface area contributed by atoms with Gasteiger partial charge in [0.05, 0.1) is 6.26 Å². The lowest BCUT2D eigenvalue weighted by atomic mass is 9.98. The number of hydrogen-bond acceptors (Lipinski definition) is 4. The Morgan fingerprint density at radius 1 is 1.10 bits per heavy atom. The van der Waals surface area contributed by atoms with E-state index < -0.39 is 17.9 Å². The average Bonchev–Trinajstić information content (AvgIpc) is 3.40. The molecule has 0 radical (unpaired) electrons. The Morgan fingerprint density at radius 2 is 1.94 bits per heavy atom. The zero-order chi connectivity index (χ0) is 21.4. The molecule has 0 saturated carbocycles. The Morgan fingerprint density at radius 3 is 2.71 bits per heavy atom. The fourth-order valence-electron chi connectivity index (χ4n) is 4.21. The maximum atomic E-state index is 14.7. The second-order valence-electron chi connectivity index (χ2n) is 7.80. The van der Waals surface area contributed by atoms with E-state index in [-0.39, 0.29) is 11.9 Å². The van der Waals surface area contributed by atoms with E-state index in [1.807, 2.05) is 36.4 Å². The predicted molar refractivity (Wildman–Crippen MR) is 115 cm³/mol. The van der Waals surface area contributed by atoms with Crippen molar-refractivity contribution in [3.05, 3.63) is 89.6 Å². The molecular weight excluding hydrogens is 395 g/mol. The van der Waals surface area contributed by atoms with Crippen LogP contribution in [0.15, 0.2) is 76.3 Å². The summed E-state index contributed by atoms with van der Waals surface area (Å²) in [7, 11) is 0. The first-order chi connectivity index (χ1) is 15.1. The highest BCUT2D eigenvalue weighted by Crippen LogP contribution is 2.31. The van der Waals surface area contributed by atoms with Gasteiger partial charge in [0.2, 0.25) is 6.04 Å². The molecule has 31 heavy (non-hydrogen) atoms. The number of carbonyl (C=O) groups is 1. The van der Waals surface area contributed by atoms with Gasteiger partial charge in [-0.05, 0) is 35.9 Å². The summed E-state index contributed by atoms with van der Waals surface area (Å²) in [4.78, 5) is 23.1. The van der Waals surface area contributed by atoms with Crippen molar-refractivity contribution in [2.45, 2.75) is 31.0 Å². The third kappa shape index (κ3) is 3.63. The van der Waals surface area contributed by atoms with Gasteiger partial charge in [-0.1, -0.05) is 30.3 Å². The SMILES string of the molecule is Nc1ccc(F)c(C2C=[NH+]C(Cc3ccccc3)C3=NC(Cc4ccco4)C(=O)N32)c1. The topological polar surface area (TPSA) is 85.8 Å². The molecule has 3 aromatic rings. The van der Waals surface area contributed by atoms with Crippen molar-refractivity contribution in [3.63, 3.8) is 0 Å². The standard InChI is InChI=1S/C24H21FN4O2/c25-19-9-8-16(26)12-18(19)22-14-27-20(11-15-5-2-1-3-6-15)23-28-21(24(30)29(22)23)13-17-7-4-10-31-17/h1-10,12,14,20-22H,11,13,26H2/p+1. The molecule has 2 aliphatic heterocycles. The van der Waals surface area contributed by atoms with Crippen molar-refractivity contribution in [1.29, 1.82) is 0 Å². The van der Waals surface area contributed by atoms with Crippen LogP contribution in [-0.4, -0.2) is 34.9 Å². The number of nitrogens with zero attached hydrogens (tertiary/aromatic N) is 2. The van der Waals surface area contributed by atoms with Crippen LogP contribution in [0.4, 0.5) is 10.1 Å². The van der Waals surface area contributed by atoms with E-state index in [1.165, 1.54) is 12.1 Å². The van der Waals surface area contributed by atoms with Crippen LogP contribution in [0.3, 0.4) is 0 Å². The number of rotatable bonds is 5. The van der Waals surface area contributed by atoms with Crippen LogP contribution in [0, 0.1) is 5.82 Å². The van der Waals surface area contributed by atoms with Crippen LogP contribution in [0.5, 0.6) is 0 Å². The predicted octanol–water partition coefficient (Wildman–Crippen LogP) is 1.67. The maximum Gasteiger partial charge on any atom is 0.254 e. The van der Waals surface area contributed by atoms with E-state index in [0.29, 0.717) is 35.7 Å². The first kappa shape index (κ1) is 19.2. The lowest BCUT2D eigenvalue weighted by Crippen LogP contribution is -2.85. The summed E-state index contributed by atoms with van der Waals surface area (Å²) < 4.78 is 20.1. The summed E-state index contributed by atoms with van der Waals surface area (Å²) in [6, 6.07) is 16.6. The van der Waals surface area contributed by atoms with Gasteiger partial charge in [0.15, 0.2) is 12.1 Å². The molecule has 1 amide bonds. The fourth-order valence-corrected chi connectivity index (χ4v) is 4.21. The fraction of sp³-hybridized carbons (Fsp3) is 0.208. The van der Waals surface area contributed by atoms with Crippen molar-refractivity contribution < 1.29 is 18.6 Å². The molecule has 5 rings (SSSR count). The van der Waals surface area contributed by atoms with Crippen LogP contribution in [0.2, 0.25) is 0 Å². The van der Waals surface area contributed by atoms with Crippen LogP contribution < -0.4 is 10.7 Å². The monoisotopic (exact) mass is 417 g/mol. The molecule has 0 bridgehead atoms. The lowest BCUT2D eigenvalue weighted by molar-refractivity contribution is -0.483. The normalized spacial score (nSPS) is 22.5. The Bertz CT molecular complexity index is 1160.